The number of hydrogen-bond acceptors (Lipinski definition) is 7. The predicted molar refractivity (Wildman–Crippen MR) is 90.4 cm³/mol. The van der Waals surface area contributed by atoms with Crippen LogP contribution in [-0.4, -0.2) is 48.6 Å². The van der Waals surface area contributed by atoms with Crippen molar-refractivity contribution in [2.75, 3.05) is 0 Å². The second-order valence-corrected chi connectivity index (χ2v) is 8.72. The molecule has 134 valence electrons. The molecule has 4 atom stereocenters. The number of nitrogens with zero attached hydrogens (tertiary/aromatic N) is 1. The number of carbonyl (C=O) groups excluding carboxylic acids is 2. The standard InChI is InChI=1S/C16H19N3O5S/c1-15(2)12(14(23)24)19-13(22)9(16(19,18)25-15)11(21)10(17)7-3-5-8(20)6-4-7/h3-6,9-10,12,20H,17-18H2,1-2H3,(H,23,24). The zero-order valence-corrected chi connectivity index (χ0v) is 14.5. The molecule has 0 aliphatic carbocycles. The van der Waals surface area contributed by atoms with Crippen molar-refractivity contribution in [3.05, 3.63) is 29.8 Å². The summed E-state index contributed by atoms with van der Waals surface area (Å²) in [6.07, 6.45) is 0. The van der Waals surface area contributed by atoms with Crippen LogP contribution in [0.5, 0.6) is 5.75 Å². The van der Waals surface area contributed by atoms with Gasteiger partial charge in [0.25, 0.3) is 0 Å². The van der Waals surface area contributed by atoms with Crippen LogP contribution in [0.15, 0.2) is 24.3 Å². The summed E-state index contributed by atoms with van der Waals surface area (Å²) < 4.78 is -0.839. The first-order chi connectivity index (χ1) is 11.5. The van der Waals surface area contributed by atoms with Gasteiger partial charge < -0.3 is 15.9 Å². The number of nitrogens with two attached hydrogens (primary N) is 2. The first-order valence-electron chi connectivity index (χ1n) is 7.64. The number of rotatable bonds is 4. The number of carboxylic acids is 1. The zero-order valence-electron chi connectivity index (χ0n) is 13.7. The molecule has 8 nitrogen and oxygen atoms in total. The normalized spacial score (nSPS) is 31.2. The Bertz CT molecular complexity index is 766. The number of carboxylic acid groups (broad SMARTS) is 1. The van der Waals surface area contributed by atoms with E-state index in [-0.39, 0.29) is 5.75 Å². The highest BCUT2D eigenvalue weighted by molar-refractivity contribution is 8.02. The van der Waals surface area contributed by atoms with Gasteiger partial charge in [0.05, 0.1) is 6.04 Å². The number of hydrogen-bond donors (Lipinski definition) is 4. The molecule has 2 fully saturated rings. The number of ketones is 1. The fourth-order valence-corrected chi connectivity index (χ4v) is 5.33. The van der Waals surface area contributed by atoms with E-state index in [2.05, 4.69) is 0 Å². The van der Waals surface area contributed by atoms with E-state index in [9.17, 15) is 24.6 Å². The molecular weight excluding hydrogens is 346 g/mol. The lowest BCUT2D eigenvalue weighted by molar-refractivity contribution is -0.174. The highest BCUT2D eigenvalue weighted by atomic mass is 32.2. The molecule has 0 saturated carbocycles. The molecule has 9 heteroatoms. The van der Waals surface area contributed by atoms with Gasteiger partial charge >= 0.3 is 5.97 Å². The van der Waals surface area contributed by atoms with E-state index in [1.54, 1.807) is 13.8 Å². The Hall–Kier alpha value is -2.10. The minimum Gasteiger partial charge on any atom is -0.508 e. The molecule has 4 unspecified atom stereocenters. The SMILES string of the molecule is CC1(C)SC2(N)C(C(=O)C(N)c3ccc(O)cc3)C(=O)N2C1C(=O)O. The van der Waals surface area contributed by atoms with E-state index in [1.165, 1.54) is 24.3 Å². The molecule has 1 aromatic rings. The molecular formula is C16H19N3O5S. The van der Waals surface area contributed by atoms with Crippen LogP contribution in [0.4, 0.5) is 0 Å². The Balaban J connectivity index is 1.90. The predicted octanol–water partition coefficient (Wildman–Crippen LogP) is 0.0106. The lowest BCUT2D eigenvalue weighted by Gasteiger charge is -2.50. The number of phenolic OH excluding ortho intramolecular Hbond substituents is 1. The number of aromatic hydroxyl groups is 1. The fraction of sp³-hybridized carbons (Fsp3) is 0.438. The number of aliphatic carboxylic acids is 1. The van der Waals surface area contributed by atoms with Gasteiger partial charge in [0.2, 0.25) is 5.91 Å². The van der Waals surface area contributed by atoms with Gasteiger partial charge in [0.1, 0.15) is 17.7 Å². The molecule has 1 aromatic carbocycles. The van der Waals surface area contributed by atoms with Gasteiger partial charge in [-0.2, -0.15) is 0 Å². The smallest absolute Gasteiger partial charge is 0.327 e. The Morgan fingerprint density at radius 3 is 2.36 bits per heavy atom. The van der Waals surface area contributed by atoms with Crippen molar-refractivity contribution in [1.29, 1.82) is 0 Å². The highest BCUT2D eigenvalue weighted by Crippen LogP contribution is 2.58. The molecule has 6 N–H and O–H groups in total. The van der Waals surface area contributed by atoms with Crippen LogP contribution >= 0.6 is 11.8 Å². The van der Waals surface area contributed by atoms with Gasteiger partial charge in [-0.05, 0) is 31.5 Å². The fourth-order valence-electron chi connectivity index (χ4n) is 3.55. The molecule has 2 aliphatic heterocycles. The number of phenols is 1. The van der Waals surface area contributed by atoms with E-state index in [0.29, 0.717) is 5.56 Å². The monoisotopic (exact) mass is 365 g/mol. The number of fused-ring (bicyclic) bond motifs is 1. The maximum atomic E-state index is 12.8. The van der Waals surface area contributed by atoms with Crippen molar-refractivity contribution in [1.82, 2.24) is 4.90 Å². The Labute approximate surface area is 148 Å². The maximum absolute atomic E-state index is 12.8. The summed E-state index contributed by atoms with van der Waals surface area (Å²) >= 11 is 1.10. The second-order valence-electron chi connectivity index (χ2n) is 6.81. The van der Waals surface area contributed by atoms with E-state index >= 15 is 0 Å². The van der Waals surface area contributed by atoms with Crippen LogP contribution in [-0.2, 0) is 14.4 Å². The van der Waals surface area contributed by atoms with Gasteiger partial charge in [-0.15, -0.1) is 11.8 Å². The minimum atomic E-state index is -1.42. The van der Waals surface area contributed by atoms with Gasteiger partial charge in [-0.3, -0.25) is 20.2 Å². The number of carbonyl (C=O) groups is 3. The summed E-state index contributed by atoms with van der Waals surface area (Å²) in [5.41, 5.74) is 12.7. The molecule has 2 heterocycles. The largest absolute Gasteiger partial charge is 0.508 e. The van der Waals surface area contributed by atoms with Gasteiger partial charge in [-0.1, -0.05) is 12.1 Å². The number of Topliss-reactive ketones (excluding diaryl/α,β-unsaturated/α-hetero) is 1. The van der Waals surface area contributed by atoms with Crippen molar-refractivity contribution < 1.29 is 24.6 Å². The van der Waals surface area contributed by atoms with Gasteiger partial charge in [-0.25, -0.2) is 4.79 Å². The molecule has 0 bridgehead atoms. The molecule has 0 aromatic heterocycles. The second kappa shape index (κ2) is 5.45. The maximum Gasteiger partial charge on any atom is 0.327 e. The van der Waals surface area contributed by atoms with Crippen molar-refractivity contribution in [2.24, 2.45) is 17.4 Å². The van der Waals surface area contributed by atoms with E-state index in [1.807, 2.05) is 0 Å². The molecule has 2 aliphatic rings. The topological polar surface area (TPSA) is 147 Å². The summed E-state index contributed by atoms with van der Waals surface area (Å²) in [4.78, 5) is 36.5. The van der Waals surface area contributed by atoms with Crippen molar-refractivity contribution in [3.8, 4) is 5.75 Å². The van der Waals surface area contributed by atoms with Crippen LogP contribution < -0.4 is 11.5 Å². The zero-order chi connectivity index (χ0) is 18.7. The van der Waals surface area contributed by atoms with Crippen molar-refractivity contribution in [2.45, 2.75) is 35.7 Å². The third kappa shape index (κ3) is 2.42. The third-order valence-electron chi connectivity index (χ3n) is 4.69. The van der Waals surface area contributed by atoms with Crippen molar-refractivity contribution in [3.63, 3.8) is 0 Å². The van der Waals surface area contributed by atoms with Gasteiger partial charge in [0.15, 0.2) is 10.8 Å². The van der Waals surface area contributed by atoms with Crippen LogP contribution in [0.3, 0.4) is 0 Å². The first kappa shape index (κ1) is 17.7. The molecule has 0 radical (unpaired) electrons. The van der Waals surface area contributed by atoms with E-state index in [0.717, 1.165) is 16.7 Å². The van der Waals surface area contributed by atoms with Crippen LogP contribution in [0.25, 0.3) is 0 Å². The molecule has 3 rings (SSSR count). The van der Waals surface area contributed by atoms with Crippen LogP contribution in [0.1, 0.15) is 25.5 Å². The number of amides is 1. The molecule has 1 amide bonds. The minimum absolute atomic E-state index is 0.0296. The summed E-state index contributed by atoms with van der Waals surface area (Å²) in [6.45, 7) is 3.36. The number of thioether (sulfide) groups is 1. The van der Waals surface area contributed by atoms with Crippen LogP contribution in [0, 0.1) is 5.92 Å². The lowest BCUT2D eigenvalue weighted by atomic mass is 9.81. The Morgan fingerprint density at radius 1 is 1.28 bits per heavy atom. The summed E-state index contributed by atoms with van der Waals surface area (Å²) in [6, 6.07) is 3.57. The van der Waals surface area contributed by atoms with Crippen LogP contribution in [0.2, 0.25) is 0 Å². The highest BCUT2D eigenvalue weighted by Gasteiger charge is 2.73. The summed E-state index contributed by atoms with van der Waals surface area (Å²) in [7, 11) is 0. The average molecular weight is 365 g/mol. The lowest BCUT2D eigenvalue weighted by Crippen LogP contribution is -2.76. The van der Waals surface area contributed by atoms with E-state index < -0.39 is 45.4 Å². The first-order valence-corrected chi connectivity index (χ1v) is 8.45. The quantitative estimate of drug-likeness (QED) is 0.431. The molecule has 0 spiro atoms. The van der Waals surface area contributed by atoms with Gasteiger partial charge in [0, 0.05) is 4.75 Å². The Kier molecular flexibility index (Phi) is 3.86. The van der Waals surface area contributed by atoms with E-state index in [4.69, 9.17) is 11.5 Å². The molecule has 2 saturated heterocycles. The summed E-state index contributed by atoms with van der Waals surface area (Å²) in [5, 5.41) is 18.8. The molecule has 25 heavy (non-hydrogen) atoms. The number of benzene rings is 1. The average Bonchev–Trinajstić information content (AvgIpc) is 2.70. The third-order valence-corrected chi connectivity index (χ3v) is 6.20. The van der Waals surface area contributed by atoms with Crippen molar-refractivity contribution >= 4 is 29.4 Å². The Morgan fingerprint density at radius 2 is 1.84 bits per heavy atom. The summed E-state index contributed by atoms with van der Waals surface area (Å²) in [5.74, 6) is -3.52. The number of β-lactam (4-membered cyclic amide) rings is 1.